The zero-order valence-corrected chi connectivity index (χ0v) is 12.4. The van der Waals surface area contributed by atoms with E-state index >= 15 is 0 Å². The fourth-order valence-electron chi connectivity index (χ4n) is 2.39. The van der Waals surface area contributed by atoms with Crippen LogP contribution in [0, 0.1) is 6.92 Å². The second-order valence-electron chi connectivity index (χ2n) is 4.93. The molecule has 1 aromatic carbocycles. The molecule has 0 fully saturated rings. The summed E-state index contributed by atoms with van der Waals surface area (Å²) in [4.78, 5) is 9.36. The van der Waals surface area contributed by atoms with E-state index in [2.05, 4.69) is 36.4 Å². The Morgan fingerprint density at radius 2 is 1.75 bits per heavy atom. The van der Waals surface area contributed by atoms with Gasteiger partial charge >= 0.3 is 0 Å². The number of nitrogen functional groups attached to an aromatic ring is 1. The molecule has 0 aliphatic rings. The van der Waals surface area contributed by atoms with Crippen molar-refractivity contribution in [2.24, 2.45) is 5.84 Å². The Labute approximate surface area is 120 Å². The molecule has 0 atom stereocenters. The maximum absolute atomic E-state index is 5.61. The Morgan fingerprint density at radius 1 is 1.10 bits per heavy atom. The molecule has 0 saturated carbocycles. The van der Waals surface area contributed by atoms with E-state index in [1.807, 2.05) is 25.1 Å². The first-order chi connectivity index (χ1) is 9.71. The number of anilines is 1. The van der Waals surface area contributed by atoms with Crippen molar-refractivity contribution in [3.63, 3.8) is 0 Å². The van der Waals surface area contributed by atoms with Gasteiger partial charge in [-0.25, -0.2) is 15.8 Å². The van der Waals surface area contributed by atoms with E-state index in [1.54, 1.807) is 0 Å². The molecule has 0 spiro atoms. The Hall–Kier alpha value is -1.94. The Balaban J connectivity index is 2.58. The molecule has 3 N–H and O–H groups in total. The number of nitrogens with zero attached hydrogens (tertiary/aromatic N) is 2. The summed E-state index contributed by atoms with van der Waals surface area (Å²) >= 11 is 0. The lowest BCUT2D eigenvalue weighted by molar-refractivity contribution is 0.602. The number of benzene rings is 1. The van der Waals surface area contributed by atoms with Crippen molar-refractivity contribution < 1.29 is 0 Å². The zero-order chi connectivity index (χ0) is 14.5. The molecule has 2 rings (SSSR count). The topological polar surface area (TPSA) is 63.8 Å². The molecule has 0 radical (unpaired) electrons. The van der Waals surface area contributed by atoms with Gasteiger partial charge in [0.05, 0.1) is 5.69 Å². The van der Waals surface area contributed by atoms with E-state index < -0.39 is 0 Å². The first-order valence-electron chi connectivity index (χ1n) is 7.11. The summed E-state index contributed by atoms with van der Waals surface area (Å²) in [6.07, 6.45) is 2.05. The molecule has 0 unspecified atom stereocenters. The van der Waals surface area contributed by atoms with Crippen molar-refractivity contribution in [2.75, 3.05) is 5.43 Å². The van der Waals surface area contributed by atoms with Gasteiger partial charge in [-0.3, -0.25) is 0 Å². The maximum Gasteiger partial charge on any atom is 0.147 e. The van der Waals surface area contributed by atoms with E-state index in [1.165, 1.54) is 0 Å². The standard InChI is InChI=1S/C16H22N4/c1-4-12(5-2)16-18-14(11(3)15(19-16)20-17)13-9-7-6-8-10-13/h6-10,12H,4-5,17H2,1-3H3,(H,18,19,20). The molecule has 0 bridgehead atoms. The highest BCUT2D eigenvalue weighted by atomic mass is 15.3. The van der Waals surface area contributed by atoms with Gasteiger partial charge in [-0.15, -0.1) is 0 Å². The molecule has 1 heterocycles. The molecule has 4 heteroatoms. The van der Waals surface area contributed by atoms with Crippen LogP contribution in [0.1, 0.15) is 44.0 Å². The first-order valence-corrected chi connectivity index (χ1v) is 7.11. The summed E-state index contributed by atoms with van der Waals surface area (Å²) in [6.45, 7) is 6.32. The van der Waals surface area contributed by atoms with E-state index in [0.29, 0.717) is 11.7 Å². The minimum atomic E-state index is 0.366. The van der Waals surface area contributed by atoms with E-state index in [9.17, 15) is 0 Å². The number of rotatable bonds is 5. The second kappa shape index (κ2) is 6.48. The van der Waals surface area contributed by atoms with Gasteiger partial charge in [0.2, 0.25) is 0 Å². The molecule has 0 aliphatic heterocycles. The van der Waals surface area contributed by atoms with Crippen LogP contribution in [0.5, 0.6) is 0 Å². The van der Waals surface area contributed by atoms with Crippen molar-refractivity contribution in [1.29, 1.82) is 0 Å². The van der Waals surface area contributed by atoms with Crippen molar-refractivity contribution in [3.8, 4) is 11.3 Å². The average molecular weight is 270 g/mol. The van der Waals surface area contributed by atoms with Crippen LogP contribution in [0.4, 0.5) is 5.82 Å². The van der Waals surface area contributed by atoms with Crippen molar-refractivity contribution in [3.05, 3.63) is 41.7 Å². The van der Waals surface area contributed by atoms with Gasteiger partial charge in [0.25, 0.3) is 0 Å². The van der Waals surface area contributed by atoms with Crippen molar-refractivity contribution in [1.82, 2.24) is 9.97 Å². The second-order valence-corrected chi connectivity index (χ2v) is 4.93. The number of hydrogen-bond acceptors (Lipinski definition) is 4. The normalized spacial score (nSPS) is 10.8. The Bertz CT molecular complexity index is 562. The summed E-state index contributed by atoms with van der Waals surface area (Å²) in [5.74, 6) is 7.55. The number of hydrazine groups is 1. The highest BCUT2D eigenvalue weighted by molar-refractivity contribution is 5.67. The number of nitrogens with one attached hydrogen (secondary N) is 1. The van der Waals surface area contributed by atoms with Crippen LogP contribution in [0.3, 0.4) is 0 Å². The fourth-order valence-corrected chi connectivity index (χ4v) is 2.39. The van der Waals surface area contributed by atoms with Crippen LogP contribution in [0.2, 0.25) is 0 Å². The number of hydrogen-bond donors (Lipinski definition) is 2. The average Bonchev–Trinajstić information content (AvgIpc) is 2.50. The highest BCUT2D eigenvalue weighted by Gasteiger charge is 2.16. The molecule has 106 valence electrons. The molecule has 0 aliphatic carbocycles. The van der Waals surface area contributed by atoms with Crippen LogP contribution >= 0.6 is 0 Å². The monoisotopic (exact) mass is 270 g/mol. The third kappa shape index (κ3) is 2.80. The summed E-state index contributed by atoms with van der Waals surface area (Å²) in [7, 11) is 0. The minimum Gasteiger partial charge on any atom is -0.308 e. The van der Waals surface area contributed by atoms with Gasteiger partial charge < -0.3 is 5.43 Å². The van der Waals surface area contributed by atoms with Gasteiger partial charge in [0.1, 0.15) is 11.6 Å². The minimum absolute atomic E-state index is 0.366. The van der Waals surface area contributed by atoms with Gasteiger partial charge in [-0.1, -0.05) is 44.2 Å². The van der Waals surface area contributed by atoms with Gasteiger partial charge in [0.15, 0.2) is 0 Å². The Kier molecular flexibility index (Phi) is 4.69. The largest absolute Gasteiger partial charge is 0.308 e. The maximum atomic E-state index is 5.61. The molecular weight excluding hydrogens is 248 g/mol. The highest BCUT2D eigenvalue weighted by Crippen LogP contribution is 2.29. The lowest BCUT2D eigenvalue weighted by Crippen LogP contribution is -2.14. The Morgan fingerprint density at radius 3 is 2.30 bits per heavy atom. The quantitative estimate of drug-likeness (QED) is 0.643. The molecule has 0 saturated heterocycles. The summed E-state index contributed by atoms with van der Waals surface area (Å²) in [5, 5.41) is 0. The SMILES string of the molecule is CCC(CC)c1nc(NN)c(C)c(-c2ccccc2)n1. The molecule has 20 heavy (non-hydrogen) atoms. The van der Waals surface area contributed by atoms with Crippen molar-refractivity contribution >= 4 is 5.82 Å². The van der Waals surface area contributed by atoms with Crippen LogP contribution in [0.15, 0.2) is 30.3 Å². The lowest BCUT2D eigenvalue weighted by Gasteiger charge is -2.16. The molecule has 4 nitrogen and oxygen atoms in total. The molecule has 2 aromatic rings. The molecule has 1 aromatic heterocycles. The smallest absolute Gasteiger partial charge is 0.147 e. The van der Waals surface area contributed by atoms with Crippen LogP contribution in [-0.2, 0) is 0 Å². The number of nitrogens with two attached hydrogens (primary N) is 1. The van der Waals surface area contributed by atoms with E-state index in [0.717, 1.165) is 35.5 Å². The third-order valence-corrected chi connectivity index (χ3v) is 3.70. The predicted octanol–water partition coefficient (Wildman–Crippen LogP) is 3.64. The predicted molar refractivity (Wildman–Crippen MR) is 83.3 cm³/mol. The van der Waals surface area contributed by atoms with Gasteiger partial charge in [-0.05, 0) is 19.8 Å². The fraction of sp³-hybridized carbons (Fsp3) is 0.375. The lowest BCUT2D eigenvalue weighted by atomic mass is 10.0. The summed E-state index contributed by atoms with van der Waals surface area (Å²) in [5.41, 5.74) is 5.73. The summed E-state index contributed by atoms with van der Waals surface area (Å²) < 4.78 is 0. The van der Waals surface area contributed by atoms with Gasteiger partial charge in [0, 0.05) is 17.0 Å². The van der Waals surface area contributed by atoms with E-state index in [4.69, 9.17) is 10.8 Å². The van der Waals surface area contributed by atoms with Crippen molar-refractivity contribution in [2.45, 2.75) is 39.5 Å². The first kappa shape index (κ1) is 14.5. The molecular formula is C16H22N4. The number of aromatic nitrogens is 2. The van der Waals surface area contributed by atoms with Crippen LogP contribution in [0.25, 0.3) is 11.3 Å². The third-order valence-electron chi connectivity index (χ3n) is 3.70. The van der Waals surface area contributed by atoms with E-state index in [-0.39, 0.29) is 0 Å². The summed E-state index contributed by atoms with van der Waals surface area (Å²) in [6, 6.07) is 10.2. The van der Waals surface area contributed by atoms with Crippen LogP contribution < -0.4 is 11.3 Å². The molecule has 0 amide bonds. The zero-order valence-electron chi connectivity index (χ0n) is 12.4. The van der Waals surface area contributed by atoms with Gasteiger partial charge in [-0.2, -0.15) is 0 Å². The van der Waals surface area contributed by atoms with Crippen LogP contribution in [-0.4, -0.2) is 9.97 Å².